The second kappa shape index (κ2) is 8.40. The number of para-hydroxylation sites is 1. The lowest BCUT2D eigenvalue weighted by atomic mass is 9.87. The molecule has 142 valence electrons. The second-order valence-electron chi connectivity index (χ2n) is 7.69. The van der Waals surface area contributed by atoms with Crippen LogP contribution < -0.4 is 10.2 Å². The fraction of sp³-hybridized carbons (Fsp3) is 0.348. The van der Waals surface area contributed by atoms with Gasteiger partial charge in [0, 0.05) is 36.5 Å². The van der Waals surface area contributed by atoms with Crippen LogP contribution in [0.15, 0.2) is 54.7 Å². The highest BCUT2D eigenvalue weighted by Crippen LogP contribution is 2.34. The van der Waals surface area contributed by atoms with Gasteiger partial charge in [-0.3, -0.25) is 4.79 Å². The molecule has 0 saturated carbocycles. The Morgan fingerprint density at radius 3 is 2.52 bits per heavy atom. The number of aryl methyl sites for hydroxylation is 2. The molecule has 0 aliphatic carbocycles. The van der Waals surface area contributed by atoms with Crippen LogP contribution in [0.4, 0.5) is 0 Å². The minimum Gasteiger partial charge on any atom is -0.350 e. The Hall–Kier alpha value is -2.59. The van der Waals surface area contributed by atoms with Gasteiger partial charge in [0.2, 0.25) is 5.91 Å². The quantitative estimate of drug-likeness (QED) is 0.663. The maximum atomic E-state index is 12.7. The van der Waals surface area contributed by atoms with Gasteiger partial charge in [-0.05, 0) is 24.1 Å². The zero-order chi connectivity index (χ0) is 19.4. The molecule has 0 bridgehead atoms. The fourth-order valence-corrected chi connectivity index (χ4v) is 3.57. The molecule has 0 saturated heterocycles. The predicted molar refractivity (Wildman–Crippen MR) is 111 cm³/mol. The number of hydrogen-bond acceptors (Lipinski definition) is 1. The summed E-state index contributed by atoms with van der Waals surface area (Å²) < 4.78 is 2.15. The van der Waals surface area contributed by atoms with Crippen molar-refractivity contribution in [2.45, 2.75) is 19.3 Å². The highest BCUT2D eigenvalue weighted by Gasteiger charge is 2.22. The fourth-order valence-electron chi connectivity index (χ4n) is 3.57. The Kier molecular flexibility index (Phi) is 5.97. The average Bonchev–Trinajstić information content (AvgIpc) is 2.97. The van der Waals surface area contributed by atoms with Gasteiger partial charge in [-0.25, -0.2) is 0 Å². The summed E-state index contributed by atoms with van der Waals surface area (Å²) in [4.78, 5) is 14.0. The van der Waals surface area contributed by atoms with Crippen molar-refractivity contribution in [1.29, 1.82) is 0 Å². The molecule has 1 atom stereocenters. The van der Waals surface area contributed by atoms with E-state index in [0.29, 0.717) is 13.0 Å². The molecule has 3 aromatic rings. The van der Waals surface area contributed by atoms with Crippen molar-refractivity contribution < 1.29 is 9.69 Å². The number of aromatic nitrogens is 1. The smallest absolute Gasteiger partial charge is 0.221 e. The first kappa shape index (κ1) is 19.2. The summed E-state index contributed by atoms with van der Waals surface area (Å²) in [7, 11) is 6.26. The number of quaternary nitrogens is 1. The zero-order valence-corrected chi connectivity index (χ0v) is 16.8. The molecule has 1 heterocycles. The molecule has 4 heteroatoms. The normalized spacial score (nSPS) is 12.5. The third kappa shape index (κ3) is 4.58. The highest BCUT2D eigenvalue weighted by atomic mass is 16.1. The molecule has 0 unspecified atom stereocenters. The van der Waals surface area contributed by atoms with E-state index in [0.717, 1.165) is 6.54 Å². The van der Waals surface area contributed by atoms with Gasteiger partial charge in [0.15, 0.2) is 0 Å². The first-order valence-electron chi connectivity index (χ1n) is 9.62. The molecule has 0 aliphatic heterocycles. The van der Waals surface area contributed by atoms with Crippen LogP contribution in [0, 0.1) is 6.92 Å². The minimum atomic E-state index is 0.0448. The Balaban J connectivity index is 1.92. The van der Waals surface area contributed by atoms with E-state index in [9.17, 15) is 4.79 Å². The van der Waals surface area contributed by atoms with Crippen LogP contribution >= 0.6 is 0 Å². The topological polar surface area (TPSA) is 38.5 Å². The van der Waals surface area contributed by atoms with E-state index in [-0.39, 0.29) is 11.8 Å². The van der Waals surface area contributed by atoms with E-state index in [2.05, 4.69) is 92.7 Å². The minimum absolute atomic E-state index is 0.0448. The SMILES string of the molecule is Cc1ccc([C@@H](CC(=O)NCC[NH+](C)C)c2cn(C)c3ccccc23)cc1. The van der Waals surface area contributed by atoms with Crippen LogP contribution in [0.3, 0.4) is 0 Å². The van der Waals surface area contributed by atoms with Crippen molar-refractivity contribution in [2.75, 3.05) is 27.2 Å². The summed E-state index contributed by atoms with van der Waals surface area (Å²) in [6.45, 7) is 3.72. The largest absolute Gasteiger partial charge is 0.350 e. The number of nitrogens with one attached hydrogen (secondary N) is 2. The number of benzene rings is 2. The molecule has 1 aromatic heterocycles. The van der Waals surface area contributed by atoms with E-state index in [1.54, 1.807) is 0 Å². The second-order valence-corrected chi connectivity index (χ2v) is 7.69. The number of hydrogen-bond donors (Lipinski definition) is 2. The molecule has 27 heavy (non-hydrogen) atoms. The molecule has 1 amide bonds. The lowest BCUT2D eigenvalue weighted by Crippen LogP contribution is -3.06. The Morgan fingerprint density at radius 1 is 1.11 bits per heavy atom. The van der Waals surface area contributed by atoms with Crippen LogP contribution in [-0.4, -0.2) is 37.7 Å². The average molecular weight is 365 g/mol. The third-order valence-corrected chi connectivity index (χ3v) is 5.12. The van der Waals surface area contributed by atoms with Gasteiger partial charge in [-0.2, -0.15) is 0 Å². The number of likely N-dealkylation sites (N-methyl/N-ethyl adjacent to an activating group) is 1. The number of amides is 1. The van der Waals surface area contributed by atoms with Gasteiger partial charge in [0.25, 0.3) is 0 Å². The van der Waals surface area contributed by atoms with Crippen molar-refractivity contribution in [3.63, 3.8) is 0 Å². The molecule has 2 aromatic carbocycles. The highest BCUT2D eigenvalue weighted by molar-refractivity contribution is 5.86. The monoisotopic (exact) mass is 364 g/mol. The van der Waals surface area contributed by atoms with Gasteiger partial charge in [-0.1, -0.05) is 48.0 Å². The zero-order valence-electron chi connectivity index (χ0n) is 16.8. The predicted octanol–water partition coefficient (Wildman–Crippen LogP) is 2.27. The number of rotatable bonds is 7. The lowest BCUT2D eigenvalue weighted by molar-refractivity contribution is -0.856. The third-order valence-electron chi connectivity index (χ3n) is 5.12. The first-order chi connectivity index (χ1) is 13.0. The van der Waals surface area contributed by atoms with Crippen molar-refractivity contribution in [1.82, 2.24) is 9.88 Å². The van der Waals surface area contributed by atoms with Gasteiger partial charge in [0.1, 0.15) is 0 Å². The van der Waals surface area contributed by atoms with Crippen LogP contribution in [0.5, 0.6) is 0 Å². The van der Waals surface area contributed by atoms with Gasteiger partial charge >= 0.3 is 0 Å². The van der Waals surface area contributed by atoms with E-state index in [4.69, 9.17) is 0 Å². The summed E-state index contributed by atoms with van der Waals surface area (Å²) in [5.41, 5.74) is 4.82. The molecule has 3 rings (SSSR count). The Morgan fingerprint density at radius 2 is 1.81 bits per heavy atom. The lowest BCUT2D eigenvalue weighted by Gasteiger charge is -2.18. The van der Waals surface area contributed by atoms with Crippen LogP contribution in [-0.2, 0) is 11.8 Å². The summed E-state index contributed by atoms with van der Waals surface area (Å²) in [6.07, 6.45) is 2.63. The Bertz CT molecular complexity index is 909. The summed E-state index contributed by atoms with van der Waals surface area (Å²) >= 11 is 0. The van der Waals surface area contributed by atoms with Crippen molar-refractivity contribution in [3.8, 4) is 0 Å². The van der Waals surface area contributed by atoms with Crippen molar-refractivity contribution >= 4 is 16.8 Å². The Labute approximate surface area is 161 Å². The van der Waals surface area contributed by atoms with E-state index < -0.39 is 0 Å². The van der Waals surface area contributed by atoms with Gasteiger partial charge in [0.05, 0.1) is 27.2 Å². The van der Waals surface area contributed by atoms with Gasteiger partial charge < -0.3 is 14.8 Å². The van der Waals surface area contributed by atoms with E-state index in [1.165, 1.54) is 32.5 Å². The maximum absolute atomic E-state index is 12.7. The number of fused-ring (bicyclic) bond motifs is 1. The molecule has 0 spiro atoms. The molecule has 0 aliphatic rings. The number of carbonyl (C=O) groups is 1. The molecule has 0 radical (unpaired) electrons. The summed E-state index contributed by atoms with van der Waals surface area (Å²) in [5, 5.41) is 4.30. The standard InChI is InChI=1S/C23H29N3O/c1-17-9-11-18(12-10-17)20(15-23(27)24-13-14-25(2)3)21-16-26(4)22-8-6-5-7-19(21)22/h5-12,16,20H,13-15H2,1-4H3,(H,24,27)/p+1/t20-/m1/s1. The molecule has 0 fully saturated rings. The molecular weight excluding hydrogens is 334 g/mol. The molecular formula is C23H30N3O+. The van der Waals surface area contributed by atoms with E-state index in [1.807, 2.05) is 0 Å². The maximum Gasteiger partial charge on any atom is 0.221 e. The molecule has 2 N–H and O–H groups in total. The first-order valence-corrected chi connectivity index (χ1v) is 9.62. The summed E-state index contributed by atoms with van der Waals surface area (Å²) in [6, 6.07) is 17.0. The summed E-state index contributed by atoms with van der Waals surface area (Å²) in [5.74, 6) is 0.151. The van der Waals surface area contributed by atoms with Gasteiger partial charge in [-0.15, -0.1) is 0 Å². The van der Waals surface area contributed by atoms with E-state index >= 15 is 0 Å². The van der Waals surface area contributed by atoms with Crippen molar-refractivity contribution in [3.05, 3.63) is 71.4 Å². The van der Waals surface area contributed by atoms with Crippen molar-refractivity contribution in [2.24, 2.45) is 7.05 Å². The molecule has 4 nitrogen and oxygen atoms in total. The number of carbonyl (C=O) groups excluding carboxylic acids is 1. The van der Waals surface area contributed by atoms with Crippen LogP contribution in [0.2, 0.25) is 0 Å². The van der Waals surface area contributed by atoms with Crippen LogP contribution in [0.25, 0.3) is 10.9 Å². The van der Waals surface area contributed by atoms with Crippen LogP contribution in [0.1, 0.15) is 29.0 Å². The number of nitrogens with zero attached hydrogens (tertiary/aromatic N) is 1.